The molecule has 2 N–H and O–H groups in total. The van der Waals surface area contributed by atoms with Crippen molar-refractivity contribution in [3.8, 4) is 0 Å². The lowest BCUT2D eigenvalue weighted by Crippen LogP contribution is -2.31. The van der Waals surface area contributed by atoms with Gasteiger partial charge in [0.25, 0.3) is 0 Å². The zero-order chi connectivity index (χ0) is 8.97. The fourth-order valence-electron chi connectivity index (χ4n) is 1.73. The third-order valence-corrected chi connectivity index (χ3v) is 2.51. The Morgan fingerprint density at radius 3 is 3.00 bits per heavy atom. The van der Waals surface area contributed by atoms with Crippen molar-refractivity contribution in [2.24, 2.45) is 11.8 Å². The molecule has 0 spiro atoms. The van der Waals surface area contributed by atoms with Crippen molar-refractivity contribution in [3.05, 3.63) is 0 Å². The summed E-state index contributed by atoms with van der Waals surface area (Å²) in [6.07, 6.45) is 3.20. The summed E-state index contributed by atoms with van der Waals surface area (Å²) in [6, 6.07) is 0. The summed E-state index contributed by atoms with van der Waals surface area (Å²) in [6.45, 7) is 3.88. The van der Waals surface area contributed by atoms with Crippen molar-refractivity contribution in [1.29, 1.82) is 0 Å². The summed E-state index contributed by atoms with van der Waals surface area (Å²) in [4.78, 5) is 10.6. The quantitative estimate of drug-likeness (QED) is 0.668. The van der Waals surface area contributed by atoms with Crippen LogP contribution in [0.3, 0.4) is 0 Å². The van der Waals surface area contributed by atoms with Crippen LogP contribution >= 0.6 is 0 Å². The van der Waals surface area contributed by atoms with Crippen molar-refractivity contribution in [2.45, 2.75) is 26.2 Å². The van der Waals surface area contributed by atoms with Gasteiger partial charge in [0.1, 0.15) is 0 Å². The van der Waals surface area contributed by atoms with Crippen LogP contribution in [0.2, 0.25) is 0 Å². The largest absolute Gasteiger partial charge is 0.481 e. The van der Waals surface area contributed by atoms with E-state index in [-0.39, 0.29) is 5.92 Å². The highest BCUT2D eigenvalue weighted by Crippen LogP contribution is 2.19. The first kappa shape index (κ1) is 9.52. The van der Waals surface area contributed by atoms with Gasteiger partial charge in [0.05, 0.1) is 5.92 Å². The predicted molar refractivity (Wildman–Crippen MR) is 47.0 cm³/mol. The molecule has 0 aliphatic carbocycles. The van der Waals surface area contributed by atoms with Crippen LogP contribution < -0.4 is 5.32 Å². The zero-order valence-corrected chi connectivity index (χ0v) is 7.55. The lowest BCUT2D eigenvalue weighted by atomic mass is 9.90. The van der Waals surface area contributed by atoms with Gasteiger partial charge in [0, 0.05) is 0 Å². The number of carboxylic acids is 1. The highest BCUT2D eigenvalue weighted by molar-refractivity contribution is 5.69. The van der Waals surface area contributed by atoms with E-state index < -0.39 is 5.97 Å². The number of aliphatic carboxylic acids is 1. The number of hydrogen-bond donors (Lipinski definition) is 2. The van der Waals surface area contributed by atoms with Gasteiger partial charge in [0.2, 0.25) is 0 Å². The van der Waals surface area contributed by atoms with Gasteiger partial charge in [-0.1, -0.05) is 6.92 Å². The minimum atomic E-state index is -0.666. The Hall–Kier alpha value is -0.570. The molecule has 0 bridgehead atoms. The minimum Gasteiger partial charge on any atom is -0.481 e. The minimum absolute atomic E-state index is 0.185. The maximum absolute atomic E-state index is 10.6. The summed E-state index contributed by atoms with van der Waals surface area (Å²) in [5, 5.41) is 12.0. The number of piperidine rings is 1. The van der Waals surface area contributed by atoms with Gasteiger partial charge < -0.3 is 10.4 Å². The van der Waals surface area contributed by atoms with Crippen LogP contribution in [0.5, 0.6) is 0 Å². The summed E-state index contributed by atoms with van der Waals surface area (Å²) < 4.78 is 0. The van der Waals surface area contributed by atoms with Crippen LogP contribution in [0.4, 0.5) is 0 Å². The molecule has 3 nitrogen and oxygen atoms in total. The molecule has 3 heteroatoms. The maximum atomic E-state index is 10.6. The van der Waals surface area contributed by atoms with Crippen LogP contribution in [0, 0.1) is 11.8 Å². The number of rotatable bonds is 3. The van der Waals surface area contributed by atoms with Crippen molar-refractivity contribution < 1.29 is 9.90 Å². The molecule has 12 heavy (non-hydrogen) atoms. The number of carboxylic acid groups (broad SMARTS) is 1. The molecule has 2 unspecified atom stereocenters. The van der Waals surface area contributed by atoms with E-state index in [9.17, 15) is 4.79 Å². The van der Waals surface area contributed by atoms with Gasteiger partial charge in [-0.15, -0.1) is 0 Å². The Bertz CT molecular complexity index is 153. The van der Waals surface area contributed by atoms with Crippen molar-refractivity contribution in [1.82, 2.24) is 5.32 Å². The van der Waals surface area contributed by atoms with Crippen molar-refractivity contribution in [3.63, 3.8) is 0 Å². The molecular weight excluding hydrogens is 154 g/mol. The summed E-state index contributed by atoms with van der Waals surface area (Å²) in [5.41, 5.74) is 0. The molecule has 0 amide bonds. The molecule has 0 aromatic carbocycles. The topological polar surface area (TPSA) is 49.3 Å². The molecule has 1 saturated heterocycles. The van der Waals surface area contributed by atoms with E-state index in [0.29, 0.717) is 5.92 Å². The van der Waals surface area contributed by atoms with E-state index in [1.807, 2.05) is 0 Å². The van der Waals surface area contributed by atoms with E-state index >= 15 is 0 Å². The van der Waals surface area contributed by atoms with Gasteiger partial charge in [-0.3, -0.25) is 4.79 Å². The fraction of sp³-hybridized carbons (Fsp3) is 0.889. The van der Waals surface area contributed by atoms with E-state index in [1.54, 1.807) is 6.92 Å². The first-order chi connectivity index (χ1) is 5.70. The van der Waals surface area contributed by atoms with Crippen molar-refractivity contribution >= 4 is 5.97 Å². The van der Waals surface area contributed by atoms with E-state index in [4.69, 9.17) is 5.11 Å². The van der Waals surface area contributed by atoms with Crippen molar-refractivity contribution in [2.75, 3.05) is 13.1 Å². The molecule has 0 aromatic rings. The maximum Gasteiger partial charge on any atom is 0.306 e. The highest BCUT2D eigenvalue weighted by Gasteiger charge is 2.19. The number of nitrogens with one attached hydrogen (secondary N) is 1. The molecule has 1 rings (SSSR count). The Morgan fingerprint density at radius 2 is 2.50 bits per heavy atom. The molecule has 0 radical (unpaired) electrons. The van der Waals surface area contributed by atoms with E-state index in [1.165, 1.54) is 12.8 Å². The zero-order valence-electron chi connectivity index (χ0n) is 7.55. The van der Waals surface area contributed by atoms with Crippen LogP contribution in [0.25, 0.3) is 0 Å². The normalized spacial score (nSPS) is 26.6. The molecule has 0 aromatic heterocycles. The lowest BCUT2D eigenvalue weighted by Gasteiger charge is -2.23. The van der Waals surface area contributed by atoms with Gasteiger partial charge in [-0.2, -0.15) is 0 Å². The van der Waals surface area contributed by atoms with Gasteiger partial charge in [0.15, 0.2) is 0 Å². The van der Waals surface area contributed by atoms with Gasteiger partial charge >= 0.3 is 5.97 Å². The Labute approximate surface area is 73.2 Å². The van der Waals surface area contributed by atoms with E-state index in [0.717, 1.165) is 19.5 Å². The Balaban J connectivity index is 2.24. The predicted octanol–water partition coefficient (Wildman–Crippen LogP) is 1.10. The second-order valence-corrected chi connectivity index (χ2v) is 3.69. The van der Waals surface area contributed by atoms with Crippen LogP contribution in [0.15, 0.2) is 0 Å². The second-order valence-electron chi connectivity index (χ2n) is 3.69. The number of carbonyl (C=O) groups is 1. The van der Waals surface area contributed by atoms with E-state index in [2.05, 4.69) is 5.32 Å². The van der Waals surface area contributed by atoms with Gasteiger partial charge in [-0.05, 0) is 38.3 Å². The Kier molecular flexibility index (Phi) is 3.53. The molecule has 1 aliphatic heterocycles. The Morgan fingerprint density at radius 1 is 1.75 bits per heavy atom. The fourth-order valence-corrected chi connectivity index (χ4v) is 1.73. The molecule has 2 atom stereocenters. The smallest absolute Gasteiger partial charge is 0.306 e. The lowest BCUT2D eigenvalue weighted by molar-refractivity contribution is -0.141. The monoisotopic (exact) mass is 171 g/mol. The third-order valence-electron chi connectivity index (χ3n) is 2.51. The molecule has 1 fully saturated rings. The summed E-state index contributed by atoms with van der Waals surface area (Å²) >= 11 is 0. The van der Waals surface area contributed by atoms with Crippen LogP contribution in [-0.2, 0) is 4.79 Å². The average molecular weight is 171 g/mol. The molecular formula is C9H17NO2. The highest BCUT2D eigenvalue weighted by atomic mass is 16.4. The molecule has 1 aliphatic rings. The summed E-state index contributed by atoms with van der Waals surface area (Å²) in [7, 11) is 0. The first-order valence-electron chi connectivity index (χ1n) is 4.63. The summed E-state index contributed by atoms with van der Waals surface area (Å²) in [5.74, 6) is -0.277. The van der Waals surface area contributed by atoms with Crippen LogP contribution in [0.1, 0.15) is 26.2 Å². The molecule has 70 valence electrons. The molecule has 0 saturated carbocycles. The molecule has 1 heterocycles. The van der Waals surface area contributed by atoms with Gasteiger partial charge in [-0.25, -0.2) is 0 Å². The van der Waals surface area contributed by atoms with Crippen LogP contribution in [-0.4, -0.2) is 24.2 Å². The SMILES string of the molecule is CC(CC1CCCNC1)C(=O)O. The number of hydrogen-bond acceptors (Lipinski definition) is 2. The second kappa shape index (κ2) is 4.45. The average Bonchev–Trinajstić information content (AvgIpc) is 2.06. The first-order valence-corrected chi connectivity index (χ1v) is 4.63. The standard InChI is InChI=1S/C9H17NO2/c1-7(9(11)12)5-8-3-2-4-10-6-8/h7-8,10H,2-6H2,1H3,(H,11,12). The third kappa shape index (κ3) is 2.81.